The number of fused-ring (bicyclic) bond motifs is 1. The number of nitrogens with one attached hydrogen (secondary N) is 5. The Morgan fingerprint density at radius 1 is 0.918 bits per heavy atom. The third-order valence-electron chi connectivity index (χ3n) is 11.1. The zero-order chi connectivity index (χ0) is 52.4. The number of ether oxygens (including phenoxy) is 3. The molecule has 1 saturated heterocycles. The molecule has 2 aromatic carbocycles. The van der Waals surface area contributed by atoms with Crippen LogP contribution < -0.4 is 26.0 Å². The summed E-state index contributed by atoms with van der Waals surface area (Å²) in [4.78, 5) is 85.5. The van der Waals surface area contributed by atoms with Gasteiger partial charge in [0.2, 0.25) is 39.6 Å². The Balaban J connectivity index is 0.758. The minimum absolute atomic E-state index is 0.0114. The summed E-state index contributed by atoms with van der Waals surface area (Å²) >= 11 is 6.29. The second-order valence-corrected chi connectivity index (χ2v) is 19.4. The quantitative estimate of drug-likeness (QED) is 0.0414. The molecule has 1 fully saturated rings. The maximum atomic E-state index is 15.8. The van der Waals surface area contributed by atoms with E-state index in [1.165, 1.54) is 36.5 Å². The Labute approximate surface area is 423 Å². The van der Waals surface area contributed by atoms with E-state index in [-0.39, 0.29) is 128 Å². The van der Waals surface area contributed by atoms with Gasteiger partial charge in [-0.3, -0.25) is 48.4 Å². The third kappa shape index (κ3) is 14.0. The van der Waals surface area contributed by atoms with Crippen LogP contribution in [0, 0.1) is 5.82 Å². The second kappa shape index (κ2) is 24.0. The average Bonchev–Trinajstić information content (AvgIpc) is 4.05. The van der Waals surface area contributed by atoms with Crippen molar-refractivity contribution in [3.05, 3.63) is 82.6 Å². The van der Waals surface area contributed by atoms with Crippen LogP contribution in [0.25, 0.3) is 22.5 Å². The van der Waals surface area contributed by atoms with Gasteiger partial charge in [0.1, 0.15) is 17.4 Å². The van der Waals surface area contributed by atoms with Gasteiger partial charge >= 0.3 is 0 Å². The number of carbonyl (C=O) groups excluding carboxylic acids is 6. The Bertz CT molecular complexity index is 3010. The lowest BCUT2D eigenvalue weighted by molar-refractivity contribution is -0.136. The number of hydrogen-bond acceptors (Lipinski definition) is 17. The molecule has 3 aromatic heterocycles. The number of rotatable bonds is 25. The van der Waals surface area contributed by atoms with E-state index >= 15 is 4.39 Å². The molecule has 0 radical (unpaired) electrons. The molecule has 5 N–H and O–H groups in total. The Morgan fingerprint density at radius 2 is 1.67 bits per heavy atom. The first-order valence-electron chi connectivity index (χ1n) is 23.0. The zero-order valence-electron chi connectivity index (χ0n) is 40.1. The number of aromatic nitrogens is 7. The summed E-state index contributed by atoms with van der Waals surface area (Å²) in [6.45, 7) is 7.36. The fraction of sp³-hybridized carbons (Fsp3) is 0.413. The SMILES string of the molecule is CC(C)n1cc(-c2ccnc(NC[C@@H](C)NC(=O)CCOCCOCCn3cc(COCCC(=O)Nc4cccc5c4C(=O)N(C4CCC(=O)NC4=O)C5=O)nn3)n2)c(-c2cc(Cl)cc(NS(C)(=O)=O)c2F)n1. The number of amides is 6. The van der Waals surface area contributed by atoms with E-state index in [2.05, 4.69) is 51.4 Å². The highest BCUT2D eigenvalue weighted by molar-refractivity contribution is 7.92. The van der Waals surface area contributed by atoms with Crippen LogP contribution in [0.3, 0.4) is 0 Å². The predicted octanol–water partition coefficient (Wildman–Crippen LogP) is 3.33. The summed E-state index contributed by atoms with van der Waals surface area (Å²) in [5.41, 5.74) is 1.37. The first-order valence-corrected chi connectivity index (χ1v) is 25.3. The summed E-state index contributed by atoms with van der Waals surface area (Å²) in [5.74, 6) is -3.93. The number of halogens is 2. The van der Waals surface area contributed by atoms with E-state index in [1.807, 2.05) is 20.8 Å². The molecule has 27 heteroatoms. The van der Waals surface area contributed by atoms with Gasteiger partial charge in [0, 0.05) is 60.0 Å². The van der Waals surface area contributed by atoms with E-state index < -0.39 is 51.4 Å². The third-order valence-corrected chi connectivity index (χ3v) is 11.9. The minimum Gasteiger partial charge on any atom is -0.379 e. The summed E-state index contributed by atoms with van der Waals surface area (Å²) in [7, 11) is -3.81. The topological polar surface area (TPSA) is 302 Å². The summed E-state index contributed by atoms with van der Waals surface area (Å²) < 4.78 is 61.8. The van der Waals surface area contributed by atoms with E-state index in [1.54, 1.807) is 27.8 Å². The van der Waals surface area contributed by atoms with Crippen molar-refractivity contribution in [1.29, 1.82) is 0 Å². The molecule has 0 bridgehead atoms. The molecule has 2 aliphatic rings. The highest BCUT2D eigenvalue weighted by Gasteiger charge is 2.45. The summed E-state index contributed by atoms with van der Waals surface area (Å²) in [6, 6.07) is 7.05. The number of hydrogen-bond donors (Lipinski definition) is 5. The molecule has 5 aromatic rings. The van der Waals surface area contributed by atoms with Gasteiger partial charge in [0.05, 0.1) is 93.3 Å². The highest BCUT2D eigenvalue weighted by atomic mass is 35.5. The van der Waals surface area contributed by atoms with Gasteiger partial charge in [0.25, 0.3) is 11.8 Å². The number of piperidine rings is 1. The monoisotopic (exact) mass is 1050 g/mol. The van der Waals surface area contributed by atoms with Crippen molar-refractivity contribution < 1.29 is 55.8 Å². The minimum atomic E-state index is -3.81. The first-order chi connectivity index (χ1) is 34.8. The van der Waals surface area contributed by atoms with Gasteiger partial charge < -0.3 is 30.2 Å². The first kappa shape index (κ1) is 53.5. The van der Waals surface area contributed by atoms with Crippen LogP contribution in [0.5, 0.6) is 0 Å². The van der Waals surface area contributed by atoms with Gasteiger partial charge in [-0.25, -0.2) is 27.5 Å². The molecule has 0 spiro atoms. The molecule has 2 aliphatic heterocycles. The number of carbonyl (C=O) groups is 6. The number of imide groups is 2. The fourth-order valence-corrected chi connectivity index (χ4v) is 8.41. The van der Waals surface area contributed by atoms with Crippen molar-refractivity contribution in [2.75, 3.05) is 61.2 Å². The fourth-order valence-electron chi connectivity index (χ4n) is 7.65. The van der Waals surface area contributed by atoms with Crippen molar-refractivity contribution in [3.8, 4) is 22.5 Å². The molecule has 2 atom stereocenters. The predicted molar refractivity (Wildman–Crippen MR) is 261 cm³/mol. The maximum Gasteiger partial charge on any atom is 0.264 e. The number of sulfonamides is 1. The highest BCUT2D eigenvalue weighted by Crippen LogP contribution is 2.38. The lowest BCUT2D eigenvalue weighted by Gasteiger charge is -2.27. The van der Waals surface area contributed by atoms with E-state index in [0.29, 0.717) is 30.1 Å². The van der Waals surface area contributed by atoms with Crippen LogP contribution in [-0.2, 0) is 56.6 Å². The lowest BCUT2D eigenvalue weighted by atomic mass is 10.0. The zero-order valence-corrected chi connectivity index (χ0v) is 41.7. The van der Waals surface area contributed by atoms with Crippen LogP contribution in [0.15, 0.2) is 55.0 Å². The smallest absolute Gasteiger partial charge is 0.264 e. The van der Waals surface area contributed by atoms with Gasteiger partial charge in [-0.15, -0.1) is 5.10 Å². The molecule has 0 aliphatic carbocycles. The maximum absolute atomic E-state index is 15.8. The van der Waals surface area contributed by atoms with E-state index in [9.17, 15) is 37.2 Å². The van der Waals surface area contributed by atoms with Crippen molar-refractivity contribution >= 4 is 74.4 Å². The molecule has 1 unspecified atom stereocenters. The molecule has 73 heavy (non-hydrogen) atoms. The number of anilines is 3. The van der Waals surface area contributed by atoms with Crippen LogP contribution in [0.1, 0.15) is 78.9 Å². The molecule has 24 nitrogen and oxygen atoms in total. The second-order valence-electron chi connectivity index (χ2n) is 17.2. The summed E-state index contributed by atoms with van der Waals surface area (Å²) in [5, 5.41) is 23.6. The van der Waals surface area contributed by atoms with Crippen molar-refractivity contribution in [3.63, 3.8) is 0 Å². The number of nitrogens with zero attached hydrogens (tertiary/aromatic N) is 8. The molecule has 6 amide bonds. The van der Waals surface area contributed by atoms with Gasteiger partial charge in [-0.05, 0) is 57.5 Å². The van der Waals surface area contributed by atoms with Crippen molar-refractivity contribution in [1.82, 2.24) is 50.3 Å². The normalized spacial score (nSPS) is 15.1. The van der Waals surface area contributed by atoms with Crippen LogP contribution in [-0.4, -0.2) is 141 Å². The lowest BCUT2D eigenvalue weighted by Crippen LogP contribution is -2.54. The number of benzene rings is 2. The van der Waals surface area contributed by atoms with Crippen molar-refractivity contribution in [2.45, 2.75) is 77.7 Å². The van der Waals surface area contributed by atoms with Crippen molar-refractivity contribution in [2.24, 2.45) is 0 Å². The average molecular weight is 1050 g/mol. The molecule has 388 valence electrons. The van der Waals surface area contributed by atoms with Gasteiger partial charge in [-0.1, -0.05) is 22.9 Å². The Morgan fingerprint density at radius 3 is 2.42 bits per heavy atom. The van der Waals surface area contributed by atoms with Gasteiger partial charge in [0.15, 0.2) is 5.82 Å². The van der Waals surface area contributed by atoms with Crippen LogP contribution >= 0.6 is 11.6 Å². The van der Waals surface area contributed by atoms with E-state index in [4.69, 9.17) is 25.8 Å². The Hall–Kier alpha value is -7.26. The van der Waals surface area contributed by atoms with Gasteiger partial charge in [-0.2, -0.15) is 5.10 Å². The standard InChI is InChI=1S/C46H53ClFN13O11S/c1-26(2)60-24-32(42(56-60)31-20-28(47)21-35(41(31)48)57-73(4,68)69)33-10-13-49-46(53-33)50-22-27(3)51-38(63)11-15-70-18-19-71-17-14-59-23-29(55-58-59)25-72-16-12-39(64)52-34-7-5-6-30-40(34)45(67)61(44(30)66)36-8-9-37(62)54-43(36)65/h5-7,10,13,20-21,23-24,26-27,36,57H,8-9,11-12,14-19,22,25H2,1-4H3,(H,51,63)(H,52,64)(H,49,50,53)(H,54,62,65)/t27-,36?/m1/s1. The molecule has 7 rings (SSSR count). The largest absolute Gasteiger partial charge is 0.379 e. The van der Waals surface area contributed by atoms with Crippen LogP contribution in [0.2, 0.25) is 5.02 Å². The molecule has 5 heterocycles. The molecule has 0 saturated carbocycles. The summed E-state index contributed by atoms with van der Waals surface area (Å²) in [6.07, 6.45) is 5.85. The Kier molecular flexibility index (Phi) is 17.6. The van der Waals surface area contributed by atoms with Crippen LogP contribution in [0.4, 0.5) is 21.7 Å². The van der Waals surface area contributed by atoms with E-state index in [0.717, 1.165) is 11.2 Å². The molecular weight excluding hydrogens is 997 g/mol. The molecular formula is C46H53ClFN13O11S.